The first-order chi connectivity index (χ1) is 7.88. The highest BCUT2D eigenvalue weighted by Crippen LogP contribution is 2.08. The van der Waals surface area contributed by atoms with Crippen LogP contribution in [-0.4, -0.2) is 16.8 Å². The van der Waals surface area contributed by atoms with Gasteiger partial charge in [0.1, 0.15) is 6.61 Å². The largest absolute Gasteiger partial charge is 0.472 e. The van der Waals surface area contributed by atoms with E-state index in [1.54, 1.807) is 12.5 Å². The van der Waals surface area contributed by atoms with Crippen molar-refractivity contribution in [3.63, 3.8) is 0 Å². The Morgan fingerprint density at radius 2 is 2.38 bits per heavy atom. The molecule has 0 unspecified atom stereocenters. The molecule has 0 atom stereocenters. The van der Waals surface area contributed by atoms with Crippen molar-refractivity contribution in [1.29, 1.82) is 0 Å². The van der Waals surface area contributed by atoms with E-state index in [-0.39, 0.29) is 0 Å². The average Bonchev–Trinajstić information content (AvgIpc) is 2.95. The third kappa shape index (κ3) is 2.83. The summed E-state index contributed by atoms with van der Waals surface area (Å²) in [6, 6.07) is 2.25. The summed E-state index contributed by atoms with van der Waals surface area (Å²) in [5.41, 5.74) is 1.02. The maximum Gasteiger partial charge on any atom is 0.315 e. The van der Waals surface area contributed by atoms with Crippen molar-refractivity contribution < 1.29 is 13.6 Å². The van der Waals surface area contributed by atoms with Crippen LogP contribution < -0.4 is 5.32 Å². The maximum atomic E-state index is 5.30. The normalized spacial score (nSPS) is 10.6. The van der Waals surface area contributed by atoms with E-state index in [0.717, 1.165) is 5.56 Å². The van der Waals surface area contributed by atoms with Crippen molar-refractivity contribution in [3.8, 4) is 0 Å². The summed E-state index contributed by atoms with van der Waals surface area (Å²) in [6.07, 6.45) is 3.27. The van der Waals surface area contributed by atoms with Crippen LogP contribution in [0.2, 0.25) is 0 Å². The van der Waals surface area contributed by atoms with Crippen molar-refractivity contribution in [1.82, 2.24) is 10.2 Å². The molecule has 2 aromatic heterocycles. The van der Waals surface area contributed by atoms with Gasteiger partial charge in [0.05, 0.1) is 12.5 Å². The summed E-state index contributed by atoms with van der Waals surface area (Å²) < 4.78 is 15.4. The number of rotatable bonds is 6. The SMILES string of the molecule is CCOCc1nnc(NCc2ccoc2)o1. The summed E-state index contributed by atoms with van der Waals surface area (Å²) in [7, 11) is 0. The number of nitrogens with zero attached hydrogens (tertiary/aromatic N) is 2. The molecule has 0 fully saturated rings. The molecule has 0 saturated heterocycles. The molecule has 2 aromatic rings. The quantitative estimate of drug-likeness (QED) is 0.805. The van der Waals surface area contributed by atoms with Crippen molar-refractivity contribution in [3.05, 3.63) is 30.0 Å². The fourth-order valence-electron chi connectivity index (χ4n) is 1.14. The third-order valence-electron chi connectivity index (χ3n) is 1.92. The van der Waals surface area contributed by atoms with E-state index in [0.29, 0.717) is 31.7 Å². The van der Waals surface area contributed by atoms with Gasteiger partial charge in [-0.05, 0) is 13.0 Å². The zero-order valence-corrected chi connectivity index (χ0v) is 8.97. The molecule has 86 valence electrons. The van der Waals surface area contributed by atoms with E-state index in [1.807, 2.05) is 13.0 Å². The molecule has 1 N–H and O–H groups in total. The van der Waals surface area contributed by atoms with Gasteiger partial charge in [0, 0.05) is 18.7 Å². The Morgan fingerprint density at radius 3 is 3.12 bits per heavy atom. The second kappa shape index (κ2) is 5.32. The molecule has 0 aliphatic rings. The highest BCUT2D eigenvalue weighted by Gasteiger charge is 2.05. The van der Waals surface area contributed by atoms with E-state index >= 15 is 0 Å². The Morgan fingerprint density at radius 1 is 1.44 bits per heavy atom. The maximum absolute atomic E-state index is 5.30. The zero-order valence-electron chi connectivity index (χ0n) is 8.97. The number of anilines is 1. The smallest absolute Gasteiger partial charge is 0.315 e. The zero-order chi connectivity index (χ0) is 11.2. The lowest BCUT2D eigenvalue weighted by atomic mass is 10.3. The fraction of sp³-hybridized carbons (Fsp3) is 0.400. The van der Waals surface area contributed by atoms with Gasteiger partial charge in [0.2, 0.25) is 5.89 Å². The monoisotopic (exact) mass is 223 g/mol. The van der Waals surface area contributed by atoms with Gasteiger partial charge in [-0.3, -0.25) is 0 Å². The van der Waals surface area contributed by atoms with E-state index in [9.17, 15) is 0 Å². The lowest BCUT2D eigenvalue weighted by Crippen LogP contribution is -1.97. The van der Waals surface area contributed by atoms with Crippen molar-refractivity contribution in [2.45, 2.75) is 20.1 Å². The highest BCUT2D eigenvalue weighted by molar-refractivity contribution is 5.20. The third-order valence-corrected chi connectivity index (χ3v) is 1.92. The Balaban J connectivity index is 1.83. The molecule has 6 heteroatoms. The number of furan rings is 1. The Bertz CT molecular complexity index is 411. The van der Waals surface area contributed by atoms with Crippen LogP contribution in [0.25, 0.3) is 0 Å². The molecule has 0 amide bonds. The second-order valence-electron chi connectivity index (χ2n) is 3.12. The molecular formula is C10H13N3O3. The summed E-state index contributed by atoms with van der Waals surface area (Å²) in [4.78, 5) is 0. The molecule has 0 bridgehead atoms. The Labute approximate surface area is 92.6 Å². The lowest BCUT2D eigenvalue weighted by molar-refractivity contribution is 0.115. The number of hydrogen-bond acceptors (Lipinski definition) is 6. The minimum atomic E-state index is 0.344. The number of aromatic nitrogens is 2. The fourth-order valence-corrected chi connectivity index (χ4v) is 1.14. The Kier molecular flexibility index (Phi) is 3.55. The van der Waals surface area contributed by atoms with Crippen LogP contribution in [0.15, 0.2) is 27.4 Å². The minimum Gasteiger partial charge on any atom is -0.472 e. The van der Waals surface area contributed by atoms with Gasteiger partial charge < -0.3 is 18.9 Å². The van der Waals surface area contributed by atoms with Crippen LogP contribution >= 0.6 is 0 Å². The first-order valence-corrected chi connectivity index (χ1v) is 5.03. The van der Waals surface area contributed by atoms with Crippen LogP contribution in [0.1, 0.15) is 18.4 Å². The highest BCUT2D eigenvalue weighted by atomic mass is 16.5. The molecule has 2 rings (SSSR count). The van der Waals surface area contributed by atoms with Gasteiger partial charge in [0.15, 0.2) is 0 Å². The molecule has 0 saturated carbocycles. The van der Waals surface area contributed by atoms with Crippen LogP contribution in [0.5, 0.6) is 0 Å². The molecule has 0 aliphatic carbocycles. The molecular weight excluding hydrogens is 210 g/mol. The summed E-state index contributed by atoms with van der Waals surface area (Å²) >= 11 is 0. The number of nitrogens with one attached hydrogen (secondary N) is 1. The van der Waals surface area contributed by atoms with Crippen LogP contribution in [-0.2, 0) is 17.9 Å². The van der Waals surface area contributed by atoms with Gasteiger partial charge in [0.25, 0.3) is 0 Å². The minimum absolute atomic E-state index is 0.344. The summed E-state index contributed by atoms with van der Waals surface area (Å²) in [5.74, 6) is 0.469. The van der Waals surface area contributed by atoms with Crippen molar-refractivity contribution in [2.75, 3.05) is 11.9 Å². The lowest BCUT2D eigenvalue weighted by Gasteiger charge is -1.97. The molecule has 0 spiro atoms. The van der Waals surface area contributed by atoms with Crippen LogP contribution in [0.3, 0.4) is 0 Å². The molecule has 16 heavy (non-hydrogen) atoms. The second-order valence-corrected chi connectivity index (χ2v) is 3.12. The number of hydrogen-bond donors (Lipinski definition) is 1. The molecule has 2 heterocycles. The van der Waals surface area contributed by atoms with Crippen molar-refractivity contribution >= 4 is 6.01 Å². The van der Waals surface area contributed by atoms with Gasteiger partial charge >= 0.3 is 6.01 Å². The summed E-state index contributed by atoms with van der Waals surface area (Å²) in [5, 5.41) is 10.6. The average molecular weight is 223 g/mol. The van der Waals surface area contributed by atoms with Gasteiger partial charge in [-0.1, -0.05) is 5.10 Å². The molecule has 0 radical (unpaired) electrons. The van der Waals surface area contributed by atoms with Crippen LogP contribution in [0, 0.1) is 0 Å². The summed E-state index contributed by atoms with van der Waals surface area (Å²) in [6.45, 7) is 3.47. The topological polar surface area (TPSA) is 73.3 Å². The molecule has 0 aliphatic heterocycles. The van der Waals surface area contributed by atoms with E-state index in [1.165, 1.54) is 0 Å². The predicted molar refractivity (Wildman–Crippen MR) is 55.7 cm³/mol. The molecule has 0 aromatic carbocycles. The van der Waals surface area contributed by atoms with Crippen molar-refractivity contribution in [2.24, 2.45) is 0 Å². The van der Waals surface area contributed by atoms with Gasteiger partial charge in [-0.15, -0.1) is 5.10 Å². The first kappa shape index (κ1) is 10.7. The molecule has 6 nitrogen and oxygen atoms in total. The van der Waals surface area contributed by atoms with E-state index in [4.69, 9.17) is 13.6 Å². The van der Waals surface area contributed by atoms with E-state index < -0.39 is 0 Å². The van der Waals surface area contributed by atoms with Gasteiger partial charge in [-0.2, -0.15) is 0 Å². The van der Waals surface area contributed by atoms with E-state index in [2.05, 4.69) is 15.5 Å². The Hall–Kier alpha value is -1.82. The standard InChI is InChI=1S/C10H13N3O3/c1-2-14-7-9-12-13-10(16-9)11-5-8-3-4-15-6-8/h3-4,6H,2,5,7H2,1H3,(H,11,13). The predicted octanol–water partition coefficient (Wildman–Crippen LogP) is 1.81. The van der Waals surface area contributed by atoms with Gasteiger partial charge in [-0.25, -0.2) is 0 Å². The van der Waals surface area contributed by atoms with Crippen LogP contribution in [0.4, 0.5) is 6.01 Å². The number of ether oxygens (including phenoxy) is 1. The first-order valence-electron chi connectivity index (χ1n) is 5.03.